The number of likely N-dealkylation sites (tertiary alicyclic amines) is 1. The van der Waals surface area contributed by atoms with Gasteiger partial charge in [-0.2, -0.15) is 0 Å². The summed E-state index contributed by atoms with van der Waals surface area (Å²) in [6.45, 7) is 5.47. The molecule has 0 aromatic rings. The fourth-order valence-corrected chi connectivity index (χ4v) is 1.54. The van der Waals surface area contributed by atoms with E-state index < -0.39 is 0 Å². The molecule has 0 aromatic carbocycles. The minimum Gasteiger partial charge on any atom is -0.377 e. The molecule has 1 rings (SSSR count). The van der Waals surface area contributed by atoms with Crippen LogP contribution in [0.5, 0.6) is 0 Å². The number of hydrogen-bond donors (Lipinski definition) is 0. The van der Waals surface area contributed by atoms with Gasteiger partial charge in [-0.3, -0.25) is 4.90 Å². The van der Waals surface area contributed by atoms with Gasteiger partial charge in [0.1, 0.15) is 0 Å². The van der Waals surface area contributed by atoms with Gasteiger partial charge in [0.15, 0.2) is 0 Å². The highest BCUT2D eigenvalue weighted by molar-refractivity contribution is 5.09. The normalized spacial score (nSPS) is 27.8. The number of nitrogens with zero attached hydrogens (tertiary/aromatic N) is 1. The zero-order valence-corrected chi connectivity index (χ0v) is 8.59. The molecule has 1 aliphatic rings. The van der Waals surface area contributed by atoms with Gasteiger partial charge in [-0.15, -0.1) is 0 Å². The molecule has 3 heteroatoms. The van der Waals surface area contributed by atoms with Crippen LogP contribution in [0.2, 0.25) is 0 Å². The van der Waals surface area contributed by atoms with Crippen LogP contribution >= 0.6 is 0 Å². The smallest absolute Gasteiger partial charge is 0.0872 e. The third kappa shape index (κ3) is 3.08. The molecule has 1 atom stereocenters. The summed E-state index contributed by atoms with van der Waals surface area (Å²) in [4.78, 5) is 2.13. The molecule has 1 unspecified atom stereocenters. The first-order valence-electron chi connectivity index (χ1n) is 4.73. The van der Waals surface area contributed by atoms with Crippen molar-refractivity contribution in [1.29, 1.82) is 0 Å². The van der Waals surface area contributed by atoms with Crippen molar-refractivity contribution in [3.8, 4) is 0 Å². The van der Waals surface area contributed by atoms with Crippen molar-refractivity contribution in [3.63, 3.8) is 0 Å². The maximum Gasteiger partial charge on any atom is 0.0872 e. The molecule has 0 bridgehead atoms. The lowest BCUT2D eigenvalue weighted by Crippen LogP contribution is -2.30. The predicted molar refractivity (Wildman–Crippen MR) is 51.3 cm³/mol. The second-order valence-electron chi connectivity index (χ2n) is 3.92. The van der Waals surface area contributed by atoms with Gasteiger partial charge in [-0.05, 0) is 32.9 Å². The van der Waals surface area contributed by atoms with E-state index in [1.165, 1.54) is 0 Å². The Hall–Kier alpha value is -0.410. The molecule has 0 radical (unpaired) electrons. The summed E-state index contributed by atoms with van der Waals surface area (Å²) in [6.07, 6.45) is 1.79. The number of hydrogen-bond acceptors (Lipinski definition) is 2. The maximum atomic E-state index is 12.2. The van der Waals surface area contributed by atoms with Gasteiger partial charge < -0.3 is 4.74 Å². The first-order valence-corrected chi connectivity index (χ1v) is 4.73. The first kappa shape index (κ1) is 10.7. The molecular formula is C10H18FNO. The van der Waals surface area contributed by atoms with Gasteiger partial charge in [0.2, 0.25) is 0 Å². The molecule has 0 aromatic heterocycles. The first-order chi connectivity index (χ1) is 6.13. The largest absolute Gasteiger partial charge is 0.377 e. The number of likely N-dealkylation sites (N-methyl/N-ethyl adjacent to an activating group) is 1. The van der Waals surface area contributed by atoms with E-state index in [1.807, 2.05) is 20.9 Å². The quantitative estimate of drug-likeness (QED) is 0.669. The molecule has 0 N–H and O–H groups in total. The van der Waals surface area contributed by atoms with E-state index in [9.17, 15) is 4.39 Å². The lowest BCUT2D eigenvalue weighted by molar-refractivity contribution is 0.0433. The second kappa shape index (κ2) is 4.72. The number of halogens is 1. The molecule has 1 aliphatic heterocycles. The third-order valence-corrected chi connectivity index (χ3v) is 2.35. The summed E-state index contributed by atoms with van der Waals surface area (Å²) in [5.74, 6) is 0. The Labute approximate surface area is 79.4 Å². The fraction of sp³-hybridized carbons (Fsp3) is 0.800. The van der Waals surface area contributed by atoms with Crippen LogP contribution in [0.15, 0.2) is 11.9 Å². The van der Waals surface area contributed by atoms with Crippen LogP contribution in [0.25, 0.3) is 0 Å². The van der Waals surface area contributed by atoms with E-state index in [2.05, 4.69) is 4.90 Å². The van der Waals surface area contributed by atoms with Gasteiger partial charge in [0, 0.05) is 12.6 Å². The minimum absolute atomic E-state index is 0.256. The highest BCUT2D eigenvalue weighted by atomic mass is 19.1. The zero-order chi connectivity index (χ0) is 9.84. The average Bonchev–Trinajstić information content (AvgIpc) is 2.43. The van der Waals surface area contributed by atoms with Gasteiger partial charge >= 0.3 is 0 Å². The monoisotopic (exact) mass is 187 g/mol. The van der Waals surface area contributed by atoms with Crippen LogP contribution in [-0.2, 0) is 4.74 Å². The molecular weight excluding hydrogens is 169 g/mol. The van der Waals surface area contributed by atoms with Crippen molar-refractivity contribution in [2.75, 3.05) is 20.2 Å². The Kier molecular flexibility index (Phi) is 3.88. The Balaban J connectivity index is 2.35. The molecule has 0 aliphatic carbocycles. The van der Waals surface area contributed by atoms with E-state index >= 15 is 0 Å². The van der Waals surface area contributed by atoms with Gasteiger partial charge in [0.25, 0.3) is 0 Å². The third-order valence-electron chi connectivity index (χ3n) is 2.35. The van der Waals surface area contributed by atoms with Crippen molar-refractivity contribution in [1.82, 2.24) is 4.90 Å². The summed E-state index contributed by atoms with van der Waals surface area (Å²) < 4.78 is 17.7. The Morgan fingerprint density at radius 1 is 1.69 bits per heavy atom. The molecule has 13 heavy (non-hydrogen) atoms. The molecule has 0 amide bonds. The van der Waals surface area contributed by atoms with Crippen LogP contribution in [0, 0.1) is 0 Å². The molecule has 0 saturated carbocycles. The molecule has 0 spiro atoms. The topological polar surface area (TPSA) is 12.5 Å². The molecule has 2 nitrogen and oxygen atoms in total. The van der Waals surface area contributed by atoms with Crippen LogP contribution < -0.4 is 0 Å². The van der Waals surface area contributed by atoms with Crippen molar-refractivity contribution < 1.29 is 9.13 Å². The summed E-state index contributed by atoms with van der Waals surface area (Å²) >= 11 is 0. The standard InChI is InChI=1S/C10H18FNO/c1-8(2)13-7-10-4-9(5-11)6-12(10)3/h5,8,10H,4,6-7H2,1-3H3/b9-5+. The summed E-state index contributed by atoms with van der Waals surface area (Å²) in [7, 11) is 2.00. The van der Waals surface area contributed by atoms with E-state index in [0.717, 1.165) is 24.9 Å². The molecule has 1 heterocycles. The Bertz CT molecular complexity index is 191. The predicted octanol–water partition coefficient (Wildman–Crippen LogP) is 1.97. The minimum atomic E-state index is 0.256. The van der Waals surface area contributed by atoms with Crippen molar-refractivity contribution >= 4 is 0 Å². The maximum absolute atomic E-state index is 12.2. The SMILES string of the molecule is CC(C)OCC1C/C(=C\F)CN1C. The van der Waals surface area contributed by atoms with Crippen molar-refractivity contribution in [3.05, 3.63) is 11.9 Å². The molecule has 1 saturated heterocycles. The van der Waals surface area contributed by atoms with Gasteiger partial charge in [0.05, 0.1) is 19.0 Å². The number of ether oxygens (including phenoxy) is 1. The van der Waals surface area contributed by atoms with Crippen LogP contribution in [0.4, 0.5) is 4.39 Å². The summed E-state index contributed by atoms with van der Waals surface area (Å²) in [5.41, 5.74) is 0.875. The van der Waals surface area contributed by atoms with Crippen molar-refractivity contribution in [2.45, 2.75) is 32.4 Å². The highest BCUT2D eigenvalue weighted by Gasteiger charge is 2.25. The van der Waals surface area contributed by atoms with E-state index in [-0.39, 0.29) is 6.10 Å². The van der Waals surface area contributed by atoms with Gasteiger partial charge in [-0.1, -0.05) is 0 Å². The average molecular weight is 187 g/mol. The molecule has 1 fully saturated rings. The van der Waals surface area contributed by atoms with E-state index in [0.29, 0.717) is 12.6 Å². The van der Waals surface area contributed by atoms with Crippen LogP contribution in [-0.4, -0.2) is 37.2 Å². The number of rotatable bonds is 3. The summed E-state index contributed by atoms with van der Waals surface area (Å²) in [6, 6.07) is 0.351. The van der Waals surface area contributed by atoms with E-state index in [4.69, 9.17) is 4.74 Å². The van der Waals surface area contributed by atoms with Crippen LogP contribution in [0.1, 0.15) is 20.3 Å². The second-order valence-corrected chi connectivity index (χ2v) is 3.92. The Morgan fingerprint density at radius 3 is 2.85 bits per heavy atom. The van der Waals surface area contributed by atoms with E-state index in [1.54, 1.807) is 0 Å². The lowest BCUT2D eigenvalue weighted by Gasteiger charge is -2.19. The lowest BCUT2D eigenvalue weighted by atomic mass is 10.2. The summed E-state index contributed by atoms with van der Waals surface area (Å²) in [5, 5.41) is 0. The van der Waals surface area contributed by atoms with Gasteiger partial charge in [-0.25, -0.2) is 4.39 Å². The Morgan fingerprint density at radius 2 is 2.38 bits per heavy atom. The zero-order valence-electron chi connectivity index (χ0n) is 8.59. The fourth-order valence-electron chi connectivity index (χ4n) is 1.54. The molecule has 76 valence electrons. The van der Waals surface area contributed by atoms with Crippen LogP contribution in [0.3, 0.4) is 0 Å². The van der Waals surface area contributed by atoms with Crippen molar-refractivity contribution in [2.24, 2.45) is 0 Å². The highest BCUT2D eigenvalue weighted by Crippen LogP contribution is 2.21.